The summed E-state index contributed by atoms with van der Waals surface area (Å²) in [7, 11) is 0. The Balaban J connectivity index is 0.00000208. The molecule has 1 heterocycles. The molecule has 0 atom stereocenters. The third kappa shape index (κ3) is 5.85. The molecule has 0 unspecified atom stereocenters. The van der Waals surface area contributed by atoms with Crippen molar-refractivity contribution in [3.8, 4) is 5.75 Å². The van der Waals surface area contributed by atoms with Crippen LogP contribution in [0.5, 0.6) is 5.75 Å². The predicted octanol–water partition coefficient (Wildman–Crippen LogP) is 0.491. The molecule has 0 aliphatic heterocycles. The van der Waals surface area contributed by atoms with Gasteiger partial charge >= 0.3 is 0 Å². The molecular formula is C20H23BrN2O. The van der Waals surface area contributed by atoms with E-state index >= 15 is 0 Å². The van der Waals surface area contributed by atoms with Gasteiger partial charge in [0.25, 0.3) is 0 Å². The first-order chi connectivity index (χ1) is 11.4. The summed E-state index contributed by atoms with van der Waals surface area (Å²) >= 11 is 0. The first kappa shape index (κ1) is 18.3. The number of nitrogens with zero attached hydrogens (tertiary/aromatic N) is 2. The smallest absolute Gasteiger partial charge is 0.243 e. The summed E-state index contributed by atoms with van der Waals surface area (Å²) < 4.78 is 10.2. The van der Waals surface area contributed by atoms with Crippen molar-refractivity contribution in [1.29, 1.82) is 0 Å². The van der Waals surface area contributed by atoms with Crippen molar-refractivity contribution in [2.24, 2.45) is 0 Å². The number of hydrogen-bond acceptors (Lipinski definition) is 1. The minimum absolute atomic E-state index is 0. The Morgan fingerprint density at radius 1 is 0.917 bits per heavy atom. The van der Waals surface area contributed by atoms with Crippen molar-refractivity contribution < 1.29 is 26.3 Å². The Morgan fingerprint density at radius 2 is 1.62 bits per heavy atom. The van der Waals surface area contributed by atoms with Crippen molar-refractivity contribution >= 4 is 0 Å². The monoisotopic (exact) mass is 386 g/mol. The van der Waals surface area contributed by atoms with Crippen molar-refractivity contribution in [2.45, 2.75) is 25.9 Å². The molecule has 0 saturated heterocycles. The molecular weight excluding hydrogens is 364 g/mol. The van der Waals surface area contributed by atoms with Crippen LogP contribution in [-0.2, 0) is 19.5 Å². The van der Waals surface area contributed by atoms with Gasteiger partial charge in [0, 0.05) is 12.8 Å². The van der Waals surface area contributed by atoms with E-state index in [2.05, 4.69) is 58.2 Å². The lowest BCUT2D eigenvalue weighted by Gasteiger charge is -2.04. The zero-order chi connectivity index (χ0) is 15.7. The lowest BCUT2D eigenvalue weighted by molar-refractivity contribution is -0.696. The molecule has 0 fully saturated rings. The number of halogens is 1. The summed E-state index contributed by atoms with van der Waals surface area (Å²) in [5.74, 6) is 0.943. The SMILES string of the molecule is [Br-].c1ccc(CCn2cc[n+](CCCOc3ccccc3)c2)cc1. The Morgan fingerprint density at radius 3 is 2.38 bits per heavy atom. The van der Waals surface area contributed by atoms with Crippen molar-refractivity contribution in [3.63, 3.8) is 0 Å². The molecule has 0 bridgehead atoms. The lowest BCUT2D eigenvalue weighted by Crippen LogP contribution is -3.00. The predicted molar refractivity (Wildman–Crippen MR) is 91.3 cm³/mol. The maximum Gasteiger partial charge on any atom is 0.243 e. The van der Waals surface area contributed by atoms with E-state index in [0.717, 1.165) is 38.3 Å². The second-order valence-electron chi connectivity index (χ2n) is 5.64. The fraction of sp³-hybridized carbons (Fsp3) is 0.250. The van der Waals surface area contributed by atoms with Crippen molar-refractivity contribution in [2.75, 3.05) is 6.61 Å². The second kappa shape index (κ2) is 9.93. The van der Waals surface area contributed by atoms with Crippen LogP contribution in [0.4, 0.5) is 0 Å². The van der Waals surface area contributed by atoms with Crippen LogP contribution in [0.2, 0.25) is 0 Å². The van der Waals surface area contributed by atoms with Gasteiger partial charge in [-0.25, -0.2) is 9.13 Å². The molecule has 0 aliphatic rings. The third-order valence-electron chi connectivity index (χ3n) is 3.82. The number of ether oxygens (including phenoxy) is 1. The average Bonchev–Trinajstić information content (AvgIpc) is 3.07. The van der Waals surface area contributed by atoms with E-state index in [-0.39, 0.29) is 17.0 Å². The maximum atomic E-state index is 5.72. The average molecular weight is 387 g/mol. The summed E-state index contributed by atoms with van der Waals surface area (Å²) in [6.45, 7) is 2.73. The lowest BCUT2D eigenvalue weighted by atomic mass is 10.1. The van der Waals surface area contributed by atoms with E-state index in [9.17, 15) is 0 Å². The molecule has 3 aromatic rings. The molecule has 126 valence electrons. The van der Waals surface area contributed by atoms with E-state index in [0.29, 0.717) is 0 Å². The third-order valence-corrected chi connectivity index (χ3v) is 3.82. The highest BCUT2D eigenvalue weighted by Gasteiger charge is 2.04. The molecule has 0 spiro atoms. The molecule has 24 heavy (non-hydrogen) atoms. The summed E-state index contributed by atoms with van der Waals surface area (Å²) in [6, 6.07) is 20.6. The zero-order valence-electron chi connectivity index (χ0n) is 13.7. The fourth-order valence-corrected chi connectivity index (χ4v) is 2.56. The molecule has 3 rings (SSSR count). The normalized spacial score (nSPS) is 10.2. The molecule has 2 aromatic carbocycles. The number of hydrogen-bond donors (Lipinski definition) is 0. The van der Waals surface area contributed by atoms with Crippen molar-refractivity contribution in [1.82, 2.24) is 4.57 Å². The summed E-state index contributed by atoms with van der Waals surface area (Å²) in [6.07, 6.45) is 8.51. The van der Waals surface area contributed by atoms with E-state index < -0.39 is 0 Å². The van der Waals surface area contributed by atoms with E-state index in [4.69, 9.17) is 4.74 Å². The van der Waals surface area contributed by atoms with Crippen LogP contribution in [0.25, 0.3) is 0 Å². The molecule has 0 amide bonds. The minimum Gasteiger partial charge on any atom is -1.00 e. The van der Waals surface area contributed by atoms with E-state index in [1.807, 2.05) is 30.3 Å². The zero-order valence-corrected chi connectivity index (χ0v) is 15.3. The quantitative estimate of drug-likeness (QED) is 0.407. The topological polar surface area (TPSA) is 18.0 Å². The minimum atomic E-state index is 0. The van der Waals surface area contributed by atoms with Gasteiger partial charge in [0.15, 0.2) is 0 Å². The number of rotatable bonds is 8. The summed E-state index contributed by atoms with van der Waals surface area (Å²) in [5, 5.41) is 0. The fourth-order valence-electron chi connectivity index (χ4n) is 2.56. The Hall–Kier alpha value is -2.07. The molecule has 0 radical (unpaired) electrons. The van der Waals surface area contributed by atoms with Gasteiger partial charge in [-0.15, -0.1) is 0 Å². The molecule has 0 saturated carbocycles. The Bertz CT molecular complexity index is 698. The van der Waals surface area contributed by atoms with Crippen LogP contribution in [0.15, 0.2) is 79.4 Å². The number of aryl methyl sites for hydroxylation is 3. The van der Waals surface area contributed by atoms with Gasteiger partial charge < -0.3 is 21.7 Å². The molecule has 4 heteroatoms. The number of aromatic nitrogens is 2. The highest BCUT2D eigenvalue weighted by Crippen LogP contribution is 2.08. The van der Waals surface area contributed by atoms with Gasteiger partial charge in [0.2, 0.25) is 6.33 Å². The molecule has 3 nitrogen and oxygen atoms in total. The largest absolute Gasteiger partial charge is 1.00 e. The Kier molecular flexibility index (Phi) is 7.56. The van der Waals surface area contributed by atoms with Crippen LogP contribution < -0.4 is 26.3 Å². The van der Waals surface area contributed by atoms with Crippen LogP contribution in [-0.4, -0.2) is 11.2 Å². The Labute approximate surface area is 154 Å². The van der Waals surface area contributed by atoms with Gasteiger partial charge in [0.1, 0.15) is 18.1 Å². The molecule has 0 N–H and O–H groups in total. The first-order valence-electron chi connectivity index (χ1n) is 8.17. The van der Waals surface area contributed by atoms with Gasteiger partial charge in [0.05, 0.1) is 19.7 Å². The second-order valence-corrected chi connectivity index (χ2v) is 5.64. The summed E-state index contributed by atoms with van der Waals surface area (Å²) in [5.41, 5.74) is 1.38. The van der Waals surface area contributed by atoms with E-state index in [1.165, 1.54) is 5.56 Å². The number of benzene rings is 2. The first-order valence-corrected chi connectivity index (χ1v) is 8.17. The van der Waals surface area contributed by atoms with Gasteiger partial charge in [-0.3, -0.25) is 0 Å². The summed E-state index contributed by atoms with van der Waals surface area (Å²) in [4.78, 5) is 0. The highest BCUT2D eigenvalue weighted by atomic mass is 79.9. The van der Waals surface area contributed by atoms with Gasteiger partial charge in [-0.2, -0.15) is 0 Å². The van der Waals surface area contributed by atoms with Crippen LogP contribution in [0.3, 0.4) is 0 Å². The number of imidazole rings is 1. The van der Waals surface area contributed by atoms with Crippen molar-refractivity contribution in [3.05, 3.63) is 84.9 Å². The van der Waals surface area contributed by atoms with Gasteiger partial charge in [-0.05, 0) is 17.7 Å². The van der Waals surface area contributed by atoms with Crippen LogP contribution in [0.1, 0.15) is 12.0 Å². The standard InChI is InChI=1S/C20H23N2O.BrH/c1-3-8-19(9-4-1)12-14-22-16-15-21(18-22)13-7-17-23-20-10-5-2-6-11-20;/h1-6,8-11,15-16,18H,7,12-14,17H2;1H/q+1;/p-1. The molecule has 0 aliphatic carbocycles. The van der Waals surface area contributed by atoms with Crippen LogP contribution in [0, 0.1) is 0 Å². The number of para-hydroxylation sites is 1. The molecule has 1 aromatic heterocycles. The van der Waals surface area contributed by atoms with E-state index in [1.54, 1.807) is 0 Å². The van der Waals surface area contributed by atoms with Crippen LogP contribution >= 0.6 is 0 Å². The van der Waals surface area contributed by atoms with Gasteiger partial charge in [-0.1, -0.05) is 48.5 Å². The maximum absolute atomic E-state index is 5.72. The highest BCUT2D eigenvalue weighted by molar-refractivity contribution is 5.20.